The quantitative estimate of drug-likeness (QED) is 0.723. The van der Waals surface area contributed by atoms with Gasteiger partial charge in [0, 0.05) is 18.0 Å². The number of carbonyl (C=O) groups excluding carboxylic acids is 1. The van der Waals surface area contributed by atoms with Gasteiger partial charge < -0.3 is 4.74 Å². The fraction of sp³-hybridized carbons (Fsp3) is 0.182. The van der Waals surface area contributed by atoms with E-state index in [0.29, 0.717) is 0 Å². The number of pyridine rings is 1. The molecule has 0 saturated heterocycles. The minimum absolute atomic E-state index is 0.176. The topological polar surface area (TPSA) is 54.5 Å². The molecule has 27 heavy (non-hydrogen) atoms. The van der Waals surface area contributed by atoms with Crippen molar-refractivity contribution >= 4 is 28.7 Å². The van der Waals surface area contributed by atoms with Crippen LogP contribution in [0.25, 0.3) is 17.0 Å². The van der Waals surface area contributed by atoms with Crippen LogP contribution in [-0.4, -0.2) is 24.5 Å². The van der Waals surface area contributed by atoms with Crippen molar-refractivity contribution in [3.8, 4) is 5.75 Å². The van der Waals surface area contributed by atoms with E-state index in [4.69, 9.17) is 9.72 Å². The average molecular weight is 359 g/mol. The first kappa shape index (κ1) is 17.1. The van der Waals surface area contributed by atoms with Gasteiger partial charge in [-0.25, -0.2) is 4.98 Å². The SMILES string of the molecule is COc1ccc(/C=C/C(=O)NN2CCc3cc4ccc(C)cc4nc32)cc1. The molecule has 1 N–H and O–H groups in total. The third kappa shape index (κ3) is 3.62. The predicted octanol–water partition coefficient (Wildman–Crippen LogP) is 3.66. The largest absolute Gasteiger partial charge is 0.497 e. The van der Waals surface area contributed by atoms with Crippen molar-refractivity contribution in [2.24, 2.45) is 0 Å². The first-order valence-corrected chi connectivity index (χ1v) is 8.93. The van der Waals surface area contributed by atoms with E-state index in [2.05, 4.69) is 36.6 Å². The fourth-order valence-corrected chi connectivity index (χ4v) is 3.23. The Kier molecular flexibility index (Phi) is 4.50. The number of benzene rings is 2. The molecule has 2 heterocycles. The highest BCUT2D eigenvalue weighted by atomic mass is 16.5. The summed E-state index contributed by atoms with van der Waals surface area (Å²) in [6, 6.07) is 16.0. The molecule has 1 amide bonds. The van der Waals surface area contributed by atoms with Crippen LogP contribution in [0.2, 0.25) is 0 Å². The number of nitrogens with zero attached hydrogens (tertiary/aromatic N) is 2. The molecule has 0 unspecified atom stereocenters. The van der Waals surface area contributed by atoms with Crippen LogP contribution >= 0.6 is 0 Å². The van der Waals surface area contributed by atoms with Gasteiger partial charge in [-0.1, -0.05) is 24.3 Å². The summed E-state index contributed by atoms with van der Waals surface area (Å²) in [7, 11) is 1.63. The highest BCUT2D eigenvalue weighted by Gasteiger charge is 2.22. The number of rotatable bonds is 4. The van der Waals surface area contributed by atoms with Crippen LogP contribution in [-0.2, 0) is 11.2 Å². The summed E-state index contributed by atoms with van der Waals surface area (Å²) in [4.78, 5) is 17.1. The molecule has 0 fully saturated rings. The Labute approximate surface area is 158 Å². The Hall–Kier alpha value is -3.34. The molecule has 0 bridgehead atoms. The molecule has 0 radical (unpaired) electrons. The predicted molar refractivity (Wildman–Crippen MR) is 108 cm³/mol. The normalized spacial score (nSPS) is 13.2. The molecule has 1 aliphatic rings. The van der Waals surface area contributed by atoms with Gasteiger partial charge >= 0.3 is 0 Å². The van der Waals surface area contributed by atoms with Crippen LogP contribution in [0.15, 0.2) is 54.6 Å². The van der Waals surface area contributed by atoms with Gasteiger partial charge in [-0.15, -0.1) is 0 Å². The molecule has 0 atom stereocenters. The highest BCUT2D eigenvalue weighted by molar-refractivity contribution is 5.93. The lowest BCUT2D eigenvalue weighted by molar-refractivity contribution is -0.116. The van der Waals surface area contributed by atoms with Crippen LogP contribution in [0.4, 0.5) is 5.82 Å². The number of ether oxygens (including phenoxy) is 1. The number of fused-ring (bicyclic) bond motifs is 2. The van der Waals surface area contributed by atoms with Crippen molar-refractivity contribution < 1.29 is 9.53 Å². The summed E-state index contributed by atoms with van der Waals surface area (Å²) in [5.41, 5.74) is 7.14. The van der Waals surface area contributed by atoms with Crippen molar-refractivity contribution in [1.82, 2.24) is 10.4 Å². The highest BCUT2D eigenvalue weighted by Crippen LogP contribution is 2.28. The van der Waals surface area contributed by atoms with E-state index in [0.717, 1.165) is 46.6 Å². The number of anilines is 1. The monoisotopic (exact) mass is 359 g/mol. The van der Waals surface area contributed by atoms with Crippen molar-refractivity contribution in [2.75, 3.05) is 18.7 Å². The summed E-state index contributed by atoms with van der Waals surface area (Å²) < 4.78 is 5.14. The summed E-state index contributed by atoms with van der Waals surface area (Å²) >= 11 is 0. The Morgan fingerprint density at radius 3 is 2.78 bits per heavy atom. The van der Waals surface area contributed by atoms with Gasteiger partial charge in [0.2, 0.25) is 0 Å². The van der Waals surface area contributed by atoms with Gasteiger partial charge in [-0.2, -0.15) is 0 Å². The lowest BCUT2D eigenvalue weighted by Gasteiger charge is -2.18. The summed E-state index contributed by atoms with van der Waals surface area (Å²) in [6.07, 6.45) is 4.18. The first-order valence-electron chi connectivity index (χ1n) is 8.93. The second-order valence-corrected chi connectivity index (χ2v) is 6.65. The van der Waals surface area contributed by atoms with Crippen LogP contribution in [0.1, 0.15) is 16.7 Å². The number of amides is 1. The van der Waals surface area contributed by atoms with E-state index in [1.165, 1.54) is 11.6 Å². The second-order valence-electron chi connectivity index (χ2n) is 6.65. The number of hydrazine groups is 1. The molecular weight excluding hydrogens is 338 g/mol. The smallest absolute Gasteiger partial charge is 0.262 e. The molecular formula is C22H21N3O2. The summed E-state index contributed by atoms with van der Waals surface area (Å²) in [6.45, 7) is 2.78. The maximum atomic E-state index is 12.3. The third-order valence-corrected chi connectivity index (χ3v) is 4.68. The molecule has 4 rings (SSSR count). The van der Waals surface area contributed by atoms with E-state index in [-0.39, 0.29) is 5.91 Å². The Morgan fingerprint density at radius 2 is 2.00 bits per heavy atom. The Balaban J connectivity index is 1.49. The van der Waals surface area contributed by atoms with E-state index in [9.17, 15) is 4.79 Å². The molecule has 1 aromatic heterocycles. The lowest BCUT2D eigenvalue weighted by atomic mass is 10.1. The van der Waals surface area contributed by atoms with Gasteiger partial charge in [0.15, 0.2) is 5.82 Å². The number of aryl methyl sites for hydroxylation is 1. The molecule has 1 aliphatic heterocycles. The minimum Gasteiger partial charge on any atom is -0.497 e. The van der Waals surface area contributed by atoms with Crippen molar-refractivity contribution in [3.63, 3.8) is 0 Å². The van der Waals surface area contributed by atoms with Crippen molar-refractivity contribution in [1.29, 1.82) is 0 Å². The van der Waals surface area contributed by atoms with Crippen LogP contribution in [0, 0.1) is 6.92 Å². The van der Waals surface area contributed by atoms with Crippen LogP contribution in [0.5, 0.6) is 5.75 Å². The maximum Gasteiger partial charge on any atom is 0.262 e. The van der Waals surface area contributed by atoms with E-state index >= 15 is 0 Å². The first-order chi connectivity index (χ1) is 13.1. The Morgan fingerprint density at radius 1 is 1.19 bits per heavy atom. The Bertz CT molecular complexity index is 1030. The summed E-state index contributed by atoms with van der Waals surface area (Å²) in [5.74, 6) is 1.45. The minimum atomic E-state index is -0.176. The summed E-state index contributed by atoms with van der Waals surface area (Å²) in [5, 5.41) is 2.96. The van der Waals surface area contributed by atoms with Gasteiger partial charge in [-0.05, 0) is 60.4 Å². The standard InChI is InChI=1S/C22H21N3O2/c1-15-3-7-17-14-18-11-12-25(22(18)23-20(17)13-15)24-21(26)10-6-16-4-8-19(27-2)9-5-16/h3-10,13-14H,11-12H2,1-2H3,(H,24,26)/b10-6+. The van der Waals surface area contributed by atoms with Gasteiger partial charge in [-0.3, -0.25) is 15.2 Å². The lowest BCUT2D eigenvalue weighted by Crippen LogP contribution is -2.40. The molecule has 2 aromatic carbocycles. The molecule has 5 heteroatoms. The van der Waals surface area contributed by atoms with E-state index in [1.54, 1.807) is 13.2 Å². The van der Waals surface area contributed by atoms with E-state index in [1.807, 2.05) is 29.3 Å². The molecule has 136 valence electrons. The maximum absolute atomic E-state index is 12.3. The van der Waals surface area contributed by atoms with E-state index < -0.39 is 0 Å². The number of carbonyl (C=O) groups is 1. The third-order valence-electron chi connectivity index (χ3n) is 4.68. The zero-order valence-corrected chi connectivity index (χ0v) is 15.4. The molecule has 0 spiro atoms. The number of methoxy groups -OCH3 is 1. The van der Waals surface area contributed by atoms with Gasteiger partial charge in [0.1, 0.15) is 5.75 Å². The zero-order valence-electron chi connectivity index (χ0n) is 15.4. The number of aromatic nitrogens is 1. The van der Waals surface area contributed by atoms with Crippen molar-refractivity contribution in [2.45, 2.75) is 13.3 Å². The molecule has 5 nitrogen and oxygen atoms in total. The second kappa shape index (κ2) is 7.11. The number of nitrogens with one attached hydrogen (secondary N) is 1. The zero-order chi connectivity index (χ0) is 18.8. The molecule has 3 aromatic rings. The number of hydrogen-bond acceptors (Lipinski definition) is 4. The van der Waals surface area contributed by atoms with Crippen LogP contribution in [0.3, 0.4) is 0 Å². The number of hydrogen-bond donors (Lipinski definition) is 1. The van der Waals surface area contributed by atoms with Gasteiger partial charge in [0.05, 0.1) is 12.6 Å². The molecule has 0 aliphatic carbocycles. The average Bonchev–Trinajstić information content (AvgIpc) is 3.06. The molecule has 0 saturated carbocycles. The van der Waals surface area contributed by atoms with Gasteiger partial charge in [0.25, 0.3) is 5.91 Å². The van der Waals surface area contributed by atoms with Crippen molar-refractivity contribution in [3.05, 3.63) is 71.3 Å². The fourth-order valence-electron chi connectivity index (χ4n) is 3.23. The van der Waals surface area contributed by atoms with Crippen LogP contribution < -0.4 is 15.2 Å².